The fraction of sp³-hybridized carbons (Fsp3) is 1.00. The molecule has 1 rings (SSSR count). The van der Waals surface area contributed by atoms with Crippen LogP contribution in [0.4, 0.5) is 0 Å². The number of rotatable bonds is 2. The van der Waals surface area contributed by atoms with Gasteiger partial charge in [0.2, 0.25) is 0 Å². The van der Waals surface area contributed by atoms with Crippen LogP contribution in [0.3, 0.4) is 0 Å². The van der Waals surface area contributed by atoms with Crippen LogP contribution in [-0.4, -0.2) is 33.1 Å². The molecule has 120 valence electrons. The van der Waals surface area contributed by atoms with Gasteiger partial charge < -0.3 is 5.32 Å². The Hall–Kier alpha value is -0.0800. The summed E-state index contributed by atoms with van der Waals surface area (Å²) in [5.41, 5.74) is 0.724. The number of nitrogens with zero attached hydrogens (tertiary/aromatic N) is 1. The summed E-state index contributed by atoms with van der Waals surface area (Å²) < 4.78 is 0. The van der Waals surface area contributed by atoms with Crippen molar-refractivity contribution in [3.8, 4) is 0 Å². The molecule has 1 unspecified atom stereocenters. The normalized spacial score (nSPS) is 30.3. The van der Waals surface area contributed by atoms with Crippen molar-refractivity contribution in [3.05, 3.63) is 0 Å². The third-order valence-corrected chi connectivity index (χ3v) is 4.76. The molecule has 1 heterocycles. The average Bonchev–Trinajstić information content (AvgIpc) is 2.07. The zero-order valence-electron chi connectivity index (χ0n) is 15.6. The molecule has 0 aromatic carbocycles. The van der Waals surface area contributed by atoms with E-state index in [9.17, 15) is 0 Å². The minimum Gasteiger partial charge on any atom is -0.307 e. The van der Waals surface area contributed by atoms with Crippen LogP contribution in [0.2, 0.25) is 0 Å². The molecule has 0 aromatic rings. The Bertz CT molecular complexity index is 311. The molecule has 1 aliphatic heterocycles. The van der Waals surface area contributed by atoms with Gasteiger partial charge >= 0.3 is 0 Å². The third kappa shape index (κ3) is 3.98. The van der Waals surface area contributed by atoms with Crippen molar-refractivity contribution in [2.24, 2.45) is 0 Å². The monoisotopic (exact) mass is 282 g/mol. The molecule has 0 bridgehead atoms. The number of hydrogen-bond acceptors (Lipinski definition) is 2. The molecule has 2 nitrogen and oxygen atoms in total. The zero-order chi connectivity index (χ0) is 16.0. The Kier molecular flexibility index (Phi) is 4.74. The zero-order valence-corrected chi connectivity index (χ0v) is 15.6. The standard InChI is InChI=1S/C18H38N2/c1-11-14(2)20-17(7,8)12-15(3,4)19-16(5,6)13-18(20,9)10/h14,19H,11-13H2,1-10H3. The summed E-state index contributed by atoms with van der Waals surface area (Å²) in [5.74, 6) is 0. The van der Waals surface area contributed by atoms with Gasteiger partial charge in [0, 0.05) is 28.2 Å². The van der Waals surface area contributed by atoms with Gasteiger partial charge in [0.15, 0.2) is 0 Å². The molecule has 20 heavy (non-hydrogen) atoms. The molecule has 1 fully saturated rings. The number of nitrogens with one attached hydrogen (secondary N) is 1. The maximum absolute atomic E-state index is 3.90. The summed E-state index contributed by atoms with van der Waals surface area (Å²) in [4.78, 5) is 2.78. The lowest BCUT2D eigenvalue weighted by atomic mass is 9.73. The summed E-state index contributed by atoms with van der Waals surface area (Å²) in [5, 5.41) is 3.90. The lowest BCUT2D eigenvalue weighted by molar-refractivity contribution is -0.0677. The third-order valence-electron chi connectivity index (χ3n) is 4.76. The summed E-state index contributed by atoms with van der Waals surface area (Å²) >= 11 is 0. The first-order valence-electron chi connectivity index (χ1n) is 8.31. The predicted molar refractivity (Wildman–Crippen MR) is 90.3 cm³/mol. The van der Waals surface area contributed by atoms with Gasteiger partial charge in [0.25, 0.3) is 0 Å². The fourth-order valence-electron chi connectivity index (χ4n) is 5.53. The smallest absolute Gasteiger partial charge is 0.0178 e. The second kappa shape index (κ2) is 5.28. The predicted octanol–water partition coefficient (Wildman–Crippen LogP) is 4.58. The minimum atomic E-state index is 0.162. The molecule has 0 spiro atoms. The molecule has 1 N–H and O–H groups in total. The van der Waals surface area contributed by atoms with Crippen LogP contribution in [0.5, 0.6) is 0 Å². The van der Waals surface area contributed by atoms with E-state index in [0.29, 0.717) is 6.04 Å². The first-order chi connectivity index (χ1) is 8.72. The van der Waals surface area contributed by atoms with E-state index >= 15 is 0 Å². The second-order valence-corrected chi connectivity index (χ2v) is 9.50. The Morgan fingerprint density at radius 2 is 1.20 bits per heavy atom. The Morgan fingerprint density at radius 1 is 0.850 bits per heavy atom. The lowest BCUT2D eigenvalue weighted by Gasteiger charge is -2.59. The molecule has 0 radical (unpaired) electrons. The SMILES string of the molecule is CCC(C)N1C(C)(C)CC(C)(C)NC(C)(C)CC1(C)C. The Morgan fingerprint density at radius 3 is 1.50 bits per heavy atom. The van der Waals surface area contributed by atoms with E-state index in [1.165, 1.54) is 6.42 Å². The highest BCUT2D eigenvalue weighted by atomic mass is 15.3. The average molecular weight is 283 g/mol. The maximum Gasteiger partial charge on any atom is 0.0178 e. The molecule has 0 amide bonds. The lowest BCUT2D eigenvalue weighted by Crippen LogP contribution is -2.68. The van der Waals surface area contributed by atoms with Crippen LogP contribution in [-0.2, 0) is 0 Å². The van der Waals surface area contributed by atoms with Crippen molar-refractivity contribution >= 4 is 0 Å². The van der Waals surface area contributed by atoms with Crippen molar-refractivity contribution in [2.45, 2.75) is 117 Å². The molecule has 2 heteroatoms. The van der Waals surface area contributed by atoms with E-state index in [4.69, 9.17) is 0 Å². The fourth-order valence-corrected chi connectivity index (χ4v) is 5.53. The molecular weight excluding hydrogens is 244 g/mol. The molecular formula is C18H38N2. The molecule has 1 atom stereocenters. The van der Waals surface area contributed by atoms with E-state index in [1.807, 2.05) is 0 Å². The van der Waals surface area contributed by atoms with Crippen molar-refractivity contribution < 1.29 is 0 Å². The van der Waals surface area contributed by atoms with Crippen molar-refractivity contribution in [3.63, 3.8) is 0 Å². The van der Waals surface area contributed by atoms with Crippen LogP contribution < -0.4 is 5.32 Å². The summed E-state index contributed by atoms with van der Waals surface area (Å²) in [6, 6.07) is 0.615. The van der Waals surface area contributed by atoms with Gasteiger partial charge in [-0.2, -0.15) is 0 Å². The Labute approximate surface area is 127 Å². The summed E-state index contributed by atoms with van der Waals surface area (Å²) in [6.45, 7) is 23.8. The minimum absolute atomic E-state index is 0.162. The second-order valence-electron chi connectivity index (χ2n) is 9.50. The van der Waals surface area contributed by atoms with E-state index in [1.54, 1.807) is 0 Å². The Balaban J connectivity index is 3.29. The quantitative estimate of drug-likeness (QED) is 0.797. The van der Waals surface area contributed by atoms with Gasteiger partial charge in [0.05, 0.1) is 0 Å². The molecule has 0 aromatic heterocycles. The van der Waals surface area contributed by atoms with Crippen LogP contribution in [0.25, 0.3) is 0 Å². The maximum atomic E-state index is 3.90. The first-order valence-corrected chi connectivity index (χ1v) is 8.31. The van der Waals surface area contributed by atoms with E-state index in [0.717, 1.165) is 12.8 Å². The van der Waals surface area contributed by atoms with E-state index in [-0.39, 0.29) is 22.2 Å². The van der Waals surface area contributed by atoms with Crippen LogP contribution >= 0.6 is 0 Å². The summed E-state index contributed by atoms with van der Waals surface area (Å²) in [7, 11) is 0. The van der Waals surface area contributed by atoms with Gasteiger partial charge in [-0.3, -0.25) is 4.90 Å². The number of hydrogen-bond donors (Lipinski definition) is 1. The molecule has 0 aliphatic carbocycles. The van der Waals surface area contributed by atoms with Gasteiger partial charge in [-0.15, -0.1) is 0 Å². The molecule has 0 saturated carbocycles. The van der Waals surface area contributed by atoms with Gasteiger partial charge in [-0.1, -0.05) is 6.92 Å². The van der Waals surface area contributed by atoms with Crippen molar-refractivity contribution in [2.75, 3.05) is 0 Å². The highest BCUT2D eigenvalue weighted by Crippen LogP contribution is 2.41. The summed E-state index contributed by atoms with van der Waals surface area (Å²) in [6.07, 6.45) is 3.54. The first kappa shape index (κ1) is 18.0. The van der Waals surface area contributed by atoms with Gasteiger partial charge in [-0.25, -0.2) is 0 Å². The van der Waals surface area contributed by atoms with Crippen LogP contribution in [0.15, 0.2) is 0 Å². The highest BCUT2D eigenvalue weighted by Gasteiger charge is 2.48. The van der Waals surface area contributed by atoms with Crippen LogP contribution in [0.1, 0.15) is 88.5 Å². The van der Waals surface area contributed by atoms with Gasteiger partial charge in [-0.05, 0) is 81.6 Å². The van der Waals surface area contributed by atoms with E-state index < -0.39 is 0 Å². The van der Waals surface area contributed by atoms with Gasteiger partial charge in [0.1, 0.15) is 0 Å². The van der Waals surface area contributed by atoms with Crippen LogP contribution in [0, 0.1) is 0 Å². The largest absolute Gasteiger partial charge is 0.307 e. The molecule has 1 aliphatic rings. The molecule has 1 saturated heterocycles. The highest BCUT2D eigenvalue weighted by molar-refractivity contribution is 5.06. The van der Waals surface area contributed by atoms with E-state index in [2.05, 4.69) is 79.5 Å². The van der Waals surface area contributed by atoms with Crippen molar-refractivity contribution in [1.29, 1.82) is 0 Å². The topological polar surface area (TPSA) is 15.3 Å². The van der Waals surface area contributed by atoms with Crippen molar-refractivity contribution in [1.82, 2.24) is 10.2 Å².